The van der Waals surface area contributed by atoms with E-state index >= 15 is 0 Å². The smallest absolute Gasteiger partial charge is 0.118 e. The highest BCUT2D eigenvalue weighted by Crippen LogP contribution is 2.23. The van der Waals surface area contributed by atoms with Gasteiger partial charge in [-0.3, -0.25) is 0 Å². The van der Waals surface area contributed by atoms with Gasteiger partial charge in [0.1, 0.15) is 11.5 Å². The summed E-state index contributed by atoms with van der Waals surface area (Å²) in [5, 5.41) is 39.2. The average molecular weight is 356 g/mol. The van der Waals surface area contributed by atoms with Crippen molar-refractivity contribution >= 4 is 0 Å². The molecule has 0 aromatic heterocycles. The molecule has 0 radical (unpaired) electrons. The number of rotatable bonds is 8. The molecule has 26 heavy (non-hydrogen) atoms. The Labute approximate surface area is 153 Å². The van der Waals surface area contributed by atoms with Crippen molar-refractivity contribution in [3.05, 3.63) is 77.0 Å². The highest BCUT2D eigenvalue weighted by molar-refractivity contribution is 5.29. The molecule has 0 aliphatic carbocycles. The standard InChI is InChI=1S/C21H24O5/c1-26-19-11-7-17(8-12-19)21(25)13-15(14-22)3-2-4-20(24)16-5-9-18(23)10-6-16/h2,5-12,20-25H,4,13-14H2,1H3/t3?,20-,21-/m1/s1. The second kappa shape index (κ2) is 9.80. The van der Waals surface area contributed by atoms with Crippen LogP contribution in [0.15, 0.2) is 65.9 Å². The van der Waals surface area contributed by atoms with E-state index in [0.29, 0.717) is 23.3 Å². The van der Waals surface area contributed by atoms with Crippen molar-refractivity contribution in [1.29, 1.82) is 0 Å². The molecule has 0 heterocycles. The number of aliphatic hydroxyl groups is 3. The molecule has 0 unspecified atom stereocenters. The van der Waals surface area contributed by atoms with Gasteiger partial charge in [-0.05, 0) is 47.0 Å². The van der Waals surface area contributed by atoms with E-state index in [1.807, 2.05) is 0 Å². The molecule has 5 heteroatoms. The van der Waals surface area contributed by atoms with Gasteiger partial charge in [-0.15, -0.1) is 5.73 Å². The van der Waals surface area contributed by atoms with Gasteiger partial charge in [0.25, 0.3) is 0 Å². The van der Waals surface area contributed by atoms with E-state index in [0.717, 1.165) is 5.56 Å². The zero-order valence-corrected chi connectivity index (χ0v) is 14.7. The normalized spacial score (nSPS) is 12.8. The van der Waals surface area contributed by atoms with Crippen LogP contribution in [-0.4, -0.2) is 34.1 Å². The third kappa shape index (κ3) is 5.76. The molecule has 0 spiro atoms. The molecule has 0 amide bonds. The largest absolute Gasteiger partial charge is 0.508 e. The lowest BCUT2D eigenvalue weighted by atomic mass is 10.0. The lowest BCUT2D eigenvalue weighted by Crippen LogP contribution is -2.01. The first-order valence-electron chi connectivity index (χ1n) is 8.36. The molecule has 0 saturated carbocycles. The fourth-order valence-corrected chi connectivity index (χ4v) is 2.49. The van der Waals surface area contributed by atoms with Gasteiger partial charge in [-0.2, -0.15) is 0 Å². The van der Waals surface area contributed by atoms with Crippen molar-refractivity contribution in [3.8, 4) is 11.5 Å². The number of ether oxygens (including phenoxy) is 1. The summed E-state index contributed by atoms with van der Waals surface area (Å²) in [5.41, 5.74) is 4.91. The van der Waals surface area contributed by atoms with Crippen LogP contribution in [0.5, 0.6) is 11.5 Å². The van der Waals surface area contributed by atoms with E-state index in [-0.39, 0.29) is 18.8 Å². The summed E-state index contributed by atoms with van der Waals surface area (Å²) in [6, 6.07) is 13.4. The number of hydrogen-bond acceptors (Lipinski definition) is 5. The third-order valence-electron chi connectivity index (χ3n) is 4.06. The van der Waals surface area contributed by atoms with Crippen LogP contribution in [0, 0.1) is 0 Å². The van der Waals surface area contributed by atoms with E-state index < -0.39 is 12.2 Å². The molecule has 5 nitrogen and oxygen atoms in total. The molecule has 0 saturated heterocycles. The van der Waals surface area contributed by atoms with Crippen molar-refractivity contribution in [3.63, 3.8) is 0 Å². The molecule has 138 valence electrons. The molecule has 0 aliphatic rings. The summed E-state index contributed by atoms with van der Waals surface area (Å²) < 4.78 is 5.09. The molecule has 2 atom stereocenters. The SMILES string of the molecule is COc1ccc([C@H](O)CC(=C=CC[C@@H](O)c2ccc(O)cc2)CO)cc1. The first-order chi connectivity index (χ1) is 12.5. The Balaban J connectivity index is 1.99. The maximum absolute atomic E-state index is 10.3. The lowest BCUT2D eigenvalue weighted by Gasteiger charge is -2.12. The van der Waals surface area contributed by atoms with Gasteiger partial charge in [0.2, 0.25) is 0 Å². The second-order valence-electron chi connectivity index (χ2n) is 5.95. The topological polar surface area (TPSA) is 90.2 Å². The predicted molar refractivity (Wildman–Crippen MR) is 98.9 cm³/mol. The molecular weight excluding hydrogens is 332 g/mol. The van der Waals surface area contributed by atoms with E-state index in [9.17, 15) is 20.4 Å². The molecule has 0 bridgehead atoms. The Morgan fingerprint density at radius 2 is 1.58 bits per heavy atom. The van der Waals surface area contributed by atoms with Crippen LogP contribution in [0.1, 0.15) is 36.2 Å². The highest BCUT2D eigenvalue weighted by Gasteiger charge is 2.10. The van der Waals surface area contributed by atoms with Crippen LogP contribution < -0.4 is 4.74 Å². The summed E-state index contributed by atoms with van der Waals surface area (Å²) in [6.45, 7) is -0.223. The first kappa shape index (κ1) is 19.8. The monoisotopic (exact) mass is 356 g/mol. The van der Waals surface area contributed by atoms with E-state index in [1.165, 1.54) is 12.1 Å². The van der Waals surface area contributed by atoms with Gasteiger partial charge < -0.3 is 25.2 Å². The zero-order valence-electron chi connectivity index (χ0n) is 14.7. The number of benzene rings is 2. The minimum absolute atomic E-state index is 0.145. The van der Waals surface area contributed by atoms with Crippen molar-refractivity contribution in [2.45, 2.75) is 25.0 Å². The Morgan fingerprint density at radius 1 is 1.00 bits per heavy atom. The summed E-state index contributed by atoms with van der Waals surface area (Å²) >= 11 is 0. The molecular formula is C21H24O5. The maximum Gasteiger partial charge on any atom is 0.118 e. The Bertz CT molecular complexity index is 743. The molecule has 2 aromatic carbocycles. The van der Waals surface area contributed by atoms with Gasteiger partial charge in [0, 0.05) is 12.8 Å². The molecule has 2 aromatic rings. The van der Waals surface area contributed by atoms with Gasteiger partial charge in [-0.1, -0.05) is 24.3 Å². The maximum atomic E-state index is 10.3. The number of phenols is 1. The van der Waals surface area contributed by atoms with Crippen LogP contribution in [0.3, 0.4) is 0 Å². The van der Waals surface area contributed by atoms with Gasteiger partial charge >= 0.3 is 0 Å². The summed E-state index contributed by atoms with van der Waals surface area (Å²) in [6.07, 6.45) is 0.714. The van der Waals surface area contributed by atoms with Crippen molar-refractivity contribution in [1.82, 2.24) is 0 Å². The van der Waals surface area contributed by atoms with Crippen LogP contribution in [0.4, 0.5) is 0 Å². The quantitative estimate of drug-likeness (QED) is 0.546. The molecule has 0 fully saturated rings. The molecule has 0 aliphatic heterocycles. The van der Waals surface area contributed by atoms with Gasteiger partial charge in [0.05, 0.1) is 25.9 Å². The van der Waals surface area contributed by atoms with Crippen molar-refractivity contribution in [2.75, 3.05) is 13.7 Å². The van der Waals surface area contributed by atoms with Crippen LogP contribution in [-0.2, 0) is 0 Å². The van der Waals surface area contributed by atoms with Crippen molar-refractivity contribution in [2.24, 2.45) is 0 Å². The summed E-state index contributed by atoms with van der Waals surface area (Å²) in [7, 11) is 1.58. The highest BCUT2D eigenvalue weighted by atomic mass is 16.5. The first-order valence-corrected chi connectivity index (χ1v) is 8.36. The number of aromatic hydroxyl groups is 1. The third-order valence-corrected chi connectivity index (χ3v) is 4.06. The fraction of sp³-hybridized carbons (Fsp3) is 0.286. The minimum Gasteiger partial charge on any atom is -0.508 e. The Kier molecular flexibility index (Phi) is 7.45. The summed E-state index contributed by atoms with van der Waals surface area (Å²) in [4.78, 5) is 0. The minimum atomic E-state index is -0.758. The number of hydrogen-bond donors (Lipinski definition) is 4. The van der Waals surface area contributed by atoms with Crippen LogP contribution in [0.2, 0.25) is 0 Å². The fourth-order valence-electron chi connectivity index (χ4n) is 2.49. The van der Waals surface area contributed by atoms with Crippen LogP contribution >= 0.6 is 0 Å². The molecule has 2 rings (SSSR count). The van der Waals surface area contributed by atoms with Gasteiger partial charge in [-0.25, -0.2) is 0 Å². The number of aliphatic hydroxyl groups excluding tert-OH is 3. The Hall–Kier alpha value is -2.56. The van der Waals surface area contributed by atoms with E-state index in [1.54, 1.807) is 49.6 Å². The zero-order chi connectivity index (χ0) is 18.9. The van der Waals surface area contributed by atoms with Gasteiger partial charge in [0.15, 0.2) is 0 Å². The average Bonchev–Trinajstić information content (AvgIpc) is 2.67. The lowest BCUT2D eigenvalue weighted by molar-refractivity contribution is 0.172. The van der Waals surface area contributed by atoms with E-state index in [2.05, 4.69) is 5.73 Å². The molecule has 4 N–H and O–H groups in total. The van der Waals surface area contributed by atoms with Crippen LogP contribution in [0.25, 0.3) is 0 Å². The predicted octanol–water partition coefficient (Wildman–Crippen LogP) is 3.02. The second-order valence-corrected chi connectivity index (χ2v) is 5.95. The summed E-state index contributed by atoms with van der Waals surface area (Å²) in [5.74, 6) is 0.855. The van der Waals surface area contributed by atoms with E-state index in [4.69, 9.17) is 4.74 Å². The van der Waals surface area contributed by atoms with Crippen molar-refractivity contribution < 1.29 is 25.2 Å². The number of methoxy groups -OCH3 is 1. The Morgan fingerprint density at radius 3 is 2.15 bits per heavy atom. The number of phenolic OH excluding ortho intramolecular Hbond substituents is 1.